The van der Waals surface area contributed by atoms with E-state index in [1.54, 1.807) is 17.0 Å². The Kier molecular flexibility index (Phi) is 6.94. The summed E-state index contributed by atoms with van der Waals surface area (Å²) in [7, 11) is -3.82. The van der Waals surface area contributed by atoms with Crippen molar-refractivity contribution in [2.75, 3.05) is 17.8 Å². The van der Waals surface area contributed by atoms with Crippen LogP contribution in [0, 0.1) is 0 Å². The zero-order valence-corrected chi connectivity index (χ0v) is 16.4. The van der Waals surface area contributed by atoms with Gasteiger partial charge in [0.05, 0.1) is 10.9 Å². The second-order valence-corrected chi connectivity index (χ2v) is 7.56. The number of benzene rings is 2. The molecule has 148 valence electrons. The van der Waals surface area contributed by atoms with Gasteiger partial charge in [0.15, 0.2) is 0 Å². The molecule has 0 spiro atoms. The van der Waals surface area contributed by atoms with Crippen molar-refractivity contribution in [3.05, 3.63) is 65.7 Å². The zero-order chi connectivity index (χ0) is 20.7. The molecule has 0 aliphatic heterocycles. The summed E-state index contributed by atoms with van der Waals surface area (Å²) in [6.45, 7) is 4.97. The third-order valence-electron chi connectivity index (χ3n) is 4.04. The summed E-state index contributed by atoms with van der Waals surface area (Å²) in [5.74, 6) is -1.44. The fourth-order valence-electron chi connectivity index (χ4n) is 2.51. The van der Waals surface area contributed by atoms with Gasteiger partial charge in [0.2, 0.25) is 0 Å². The first-order valence-corrected chi connectivity index (χ1v) is 10.2. The minimum absolute atomic E-state index is 0.0291. The van der Waals surface area contributed by atoms with Crippen LogP contribution < -0.4 is 9.83 Å². The van der Waals surface area contributed by atoms with Crippen LogP contribution in [0.1, 0.15) is 29.8 Å². The van der Waals surface area contributed by atoms with Crippen LogP contribution in [0.3, 0.4) is 0 Å². The van der Waals surface area contributed by atoms with Crippen molar-refractivity contribution in [2.45, 2.75) is 18.7 Å². The molecule has 0 aliphatic carbocycles. The van der Waals surface area contributed by atoms with Gasteiger partial charge in [-0.15, -0.1) is 0 Å². The molecule has 1 N–H and O–H groups in total. The summed E-state index contributed by atoms with van der Waals surface area (Å²) in [6, 6.07) is 11.9. The molecule has 7 nitrogen and oxygen atoms in total. The number of carbonyl (C=O) groups excluding carboxylic acids is 2. The Morgan fingerprint density at radius 1 is 1.00 bits per heavy atom. The number of rotatable bonds is 8. The zero-order valence-electron chi connectivity index (χ0n) is 15.6. The number of nitrogens with zero attached hydrogens (tertiary/aromatic N) is 1. The van der Waals surface area contributed by atoms with Crippen LogP contribution in [0.2, 0.25) is 0 Å². The van der Waals surface area contributed by atoms with E-state index in [4.69, 9.17) is 0 Å². The summed E-state index contributed by atoms with van der Waals surface area (Å²) >= 11 is 0. The van der Waals surface area contributed by atoms with E-state index in [2.05, 4.69) is 4.72 Å². The van der Waals surface area contributed by atoms with Crippen LogP contribution in [0.15, 0.2) is 59.5 Å². The maximum absolute atomic E-state index is 12.5. The SMILES string of the molecule is CCN(CC)C(=O)c1ccc(NS(=O)(=O)c2ccc(/C=C/C(=O)[O-])cc2)cc1. The normalized spacial score (nSPS) is 11.4. The summed E-state index contributed by atoms with van der Waals surface area (Å²) in [6.07, 6.45) is 2.17. The quantitative estimate of drug-likeness (QED) is 0.678. The number of hydrogen-bond acceptors (Lipinski definition) is 5. The molecule has 2 rings (SSSR count). The number of hydrogen-bond donors (Lipinski definition) is 1. The van der Waals surface area contributed by atoms with Gasteiger partial charge < -0.3 is 14.8 Å². The van der Waals surface area contributed by atoms with Gasteiger partial charge in [0, 0.05) is 24.3 Å². The van der Waals surface area contributed by atoms with Crippen LogP contribution in [0.5, 0.6) is 0 Å². The monoisotopic (exact) mass is 401 g/mol. The Hall–Kier alpha value is -3.13. The highest BCUT2D eigenvalue weighted by Crippen LogP contribution is 2.18. The van der Waals surface area contributed by atoms with Crippen molar-refractivity contribution in [3.8, 4) is 0 Å². The lowest BCUT2D eigenvalue weighted by Crippen LogP contribution is -2.30. The van der Waals surface area contributed by atoms with E-state index in [-0.39, 0.29) is 10.8 Å². The van der Waals surface area contributed by atoms with E-state index in [1.165, 1.54) is 42.5 Å². The molecule has 1 amide bonds. The fraction of sp³-hybridized carbons (Fsp3) is 0.200. The van der Waals surface area contributed by atoms with Gasteiger partial charge in [0.25, 0.3) is 15.9 Å². The lowest BCUT2D eigenvalue weighted by atomic mass is 10.2. The topological polar surface area (TPSA) is 107 Å². The number of carbonyl (C=O) groups is 2. The first kappa shape index (κ1) is 21.2. The number of anilines is 1. The smallest absolute Gasteiger partial charge is 0.261 e. The molecule has 0 aliphatic rings. The second-order valence-electron chi connectivity index (χ2n) is 5.88. The molecule has 0 heterocycles. The molecule has 0 saturated heterocycles. The maximum atomic E-state index is 12.5. The molecule has 0 radical (unpaired) electrons. The summed E-state index contributed by atoms with van der Waals surface area (Å²) < 4.78 is 27.4. The number of carboxylic acids is 1. The first-order valence-electron chi connectivity index (χ1n) is 8.68. The Balaban J connectivity index is 2.13. The van der Waals surface area contributed by atoms with E-state index in [9.17, 15) is 23.1 Å². The minimum Gasteiger partial charge on any atom is -0.545 e. The average Bonchev–Trinajstić information content (AvgIpc) is 2.68. The van der Waals surface area contributed by atoms with Crippen molar-refractivity contribution in [2.24, 2.45) is 0 Å². The van der Waals surface area contributed by atoms with E-state index in [0.29, 0.717) is 29.9 Å². The summed E-state index contributed by atoms with van der Waals surface area (Å²) in [5, 5.41) is 10.4. The number of nitrogens with one attached hydrogen (secondary N) is 1. The highest BCUT2D eigenvalue weighted by Gasteiger charge is 2.15. The molecule has 0 bridgehead atoms. The molecular formula is C20H21N2O5S-. The van der Waals surface area contributed by atoms with Gasteiger partial charge in [0.1, 0.15) is 0 Å². The highest BCUT2D eigenvalue weighted by atomic mass is 32.2. The number of sulfonamides is 1. The Labute approximate surface area is 164 Å². The fourth-order valence-corrected chi connectivity index (χ4v) is 3.57. The molecule has 0 atom stereocenters. The molecule has 0 aromatic heterocycles. The van der Waals surface area contributed by atoms with Crippen molar-refractivity contribution in [1.82, 2.24) is 4.90 Å². The molecular weight excluding hydrogens is 380 g/mol. The van der Waals surface area contributed by atoms with Crippen molar-refractivity contribution in [3.63, 3.8) is 0 Å². The molecule has 0 fully saturated rings. The Morgan fingerprint density at radius 2 is 1.57 bits per heavy atom. The standard InChI is InChI=1S/C20H22N2O5S/c1-3-22(4-2)20(25)16-8-10-17(11-9-16)21-28(26,27)18-12-5-15(6-13-18)7-14-19(23)24/h5-14,21H,3-4H2,1-2H3,(H,23,24)/p-1/b14-7+. The lowest BCUT2D eigenvalue weighted by Gasteiger charge is -2.18. The predicted octanol–water partition coefficient (Wildman–Crippen LogP) is 1.73. The Bertz CT molecular complexity index is 961. The van der Waals surface area contributed by atoms with Gasteiger partial charge in [-0.2, -0.15) is 0 Å². The summed E-state index contributed by atoms with van der Waals surface area (Å²) in [5.41, 5.74) is 1.34. The number of amides is 1. The molecule has 8 heteroatoms. The lowest BCUT2D eigenvalue weighted by molar-refractivity contribution is -0.297. The van der Waals surface area contributed by atoms with Gasteiger partial charge >= 0.3 is 0 Å². The molecule has 0 unspecified atom stereocenters. The van der Waals surface area contributed by atoms with E-state index >= 15 is 0 Å². The highest BCUT2D eigenvalue weighted by molar-refractivity contribution is 7.92. The van der Waals surface area contributed by atoms with E-state index in [0.717, 1.165) is 6.08 Å². The van der Waals surface area contributed by atoms with Crippen LogP contribution in [0.4, 0.5) is 5.69 Å². The number of aliphatic carboxylic acids is 1. The molecule has 28 heavy (non-hydrogen) atoms. The third-order valence-corrected chi connectivity index (χ3v) is 5.43. The van der Waals surface area contributed by atoms with Gasteiger partial charge in [-0.25, -0.2) is 8.42 Å². The van der Waals surface area contributed by atoms with Crippen molar-refractivity contribution < 1.29 is 23.1 Å². The Morgan fingerprint density at radius 3 is 2.07 bits per heavy atom. The van der Waals surface area contributed by atoms with Crippen LogP contribution in [0.25, 0.3) is 6.08 Å². The van der Waals surface area contributed by atoms with Crippen LogP contribution in [-0.2, 0) is 14.8 Å². The van der Waals surface area contributed by atoms with Crippen molar-refractivity contribution >= 4 is 33.7 Å². The minimum atomic E-state index is -3.82. The average molecular weight is 401 g/mol. The van der Waals surface area contributed by atoms with E-state index in [1.807, 2.05) is 13.8 Å². The predicted molar refractivity (Wildman–Crippen MR) is 105 cm³/mol. The van der Waals surface area contributed by atoms with Crippen LogP contribution in [-0.4, -0.2) is 38.3 Å². The van der Waals surface area contributed by atoms with Gasteiger partial charge in [-0.05, 0) is 61.9 Å². The number of carboxylic acid groups (broad SMARTS) is 1. The third kappa shape index (κ3) is 5.43. The maximum Gasteiger partial charge on any atom is 0.261 e. The first-order chi connectivity index (χ1) is 13.3. The van der Waals surface area contributed by atoms with Gasteiger partial charge in [-0.1, -0.05) is 18.2 Å². The summed E-state index contributed by atoms with van der Waals surface area (Å²) in [4.78, 5) is 24.4. The van der Waals surface area contributed by atoms with Gasteiger partial charge in [-0.3, -0.25) is 9.52 Å². The second kappa shape index (κ2) is 9.18. The van der Waals surface area contributed by atoms with E-state index < -0.39 is 16.0 Å². The largest absolute Gasteiger partial charge is 0.545 e. The van der Waals surface area contributed by atoms with Crippen molar-refractivity contribution in [1.29, 1.82) is 0 Å². The molecule has 2 aromatic rings. The van der Waals surface area contributed by atoms with Crippen LogP contribution >= 0.6 is 0 Å². The molecule has 0 saturated carbocycles. The molecule has 2 aromatic carbocycles.